The second-order valence-electron chi connectivity index (χ2n) is 2.66. The maximum absolute atomic E-state index is 5.68. The van der Waals surface area contributed by atoms with Crippen molar-refractivity contribution in [1.82, 2.24) is 4.90 Å². The molecular weight excluding hydrogens is 136 g/mol. The smallest absolute Gasteiger partial charge is 0.0168 e. The molecule has 0 unspecified atom stereocenters. The van der Waals surface area contributed by atoms with Crippen LogP contribution in [0.25, 0.3) is 0 Å². The van der Waals surface area contributed by atoms with Gasteiger partial charge in [-0.05, 0) is 26.4 Å². The number of piperidine rings is 1. The van der Waals surface area contributed by atoms with E-state index in [4.69, 9.17) is 5.73 Å². The minimum absolute atomic E-state index is 0. The van der Waals surface area contributed by atoms with Crippen LogP contribution in [0.4, 0.5) is 0 Å². The van der Waals surface area contributed by atoms with Gasteiger partial charge in [0.05, 0.1) is 0 Å². The number of hydrogen-bond donors (Lipinski definition) is 1. The second kappa shape index (κ2) is 4.09. The highest BCUT2D eigenvalue weighted by Crippen LogP contribution is 2.04. The zero-order valence-electron chi connectivity index (χ0n) is 5.84. The average molecular weight is 151 g/mol. The van der Waals surface area contributed by atoms with Crippen molar-refractivity contribution in [1.29, 1.82) is 0 Å². The first-order valence-corrected chi connectivity index (χ1v) is 3.23. The molecule has 1 saturated heterocycles. The van der Waals surface area contributed by atoms with Crippen molar-refractivity contribution >= 4 is 12.4 Å². The van der Waals surface area contributed by atoms with Crippen LogP contribution in [0.2, 0.25) is 0 Å². The van der Waals surface area contributed by atoms with Crippen molar-refractivity contribution in [3.63, 3.8) is 0 Å². The summed E-state index contributed by atoms with van der Waals surface area (Å²) in [5.41, 5.74) is 5.68. The summed E-state index contributed by atoms with van der Waals surface area (Å²) in [6, 6.07) is 0.439. The summed E-state index contributed by atoms with van der Waals surface area (Å²) in [6.07, 6.45) is 2.49. The van der Waals surface area contributed by atoms with Gasteiger partial charge in [-0.25, -0.2) is 0 Å². The summed E-state index contributed by atoms with van der Waals surface area (Å²) in [7, 11) is 2.12. The van der Waals surface area contributed by atoms with E-state index in [1.807, 2.05) is 0 Å². The van der Waals surface area contributed by atoms with Crippen molar-refractivity contribution < 1.29 is 0 Å². The molecule has 2 nitrogen and oxygen atoms in total. The van der Waals surface area contributed by atoms with Crippen LogP contribution in [-0.2, 0) is 0 Å². The minimum Gasteiger partial charge on any atom is -0.327 e. The molecule has 0 aromatic heterocycles. The Balaban J connectivity index is 0.000000640. The average Bonchev–Trinajstić information content (AvgIpc) is 1.64. The second-order valence-corrected chi connectivity index (χ2v) is 2.66. The standard InChI is InChI=1S/C6H14N2.ClH/c1-8-4-2-3-6(7)5-8;/h6H,2-5,7H2,1H3;1H/t6-;/m1./s1. The lowest BCUT2D eigenvalue weighted by Crippen LogP contribution is -2.40. The fraction of sp³-hybridized carbons (Fsp3) is 1.00. The van der Waals surface area contributed by atoms with E-state index in [0.29, 0.717) is 6.04 Å². The Kier molecular flexibility index (Phi) is 4.19. The highest BCUT2D eigenvalue weighted by Gasteiger charge is 2.11. The van der Waals surface area contributed by atoms with E-state index < -0.39 is 0 Å². The highest BCUT2D eigenvalue weighted by atomic mass is 35.5. The van der Waals surface area contributed by atoms with E-state index in [0.717, 1.165) is 6.54 Å². The lowest BCUT2D eigenvalue weighted by Gasteiger charge is -2.26. The molecule has 0 spiro atoms. The fourth-order valence-corrected chi connectivity index (χ4v) is 1.21. The third-order valence-corrected chi connectivity index (χ3v) is 1.66. The third-order valence-electron chi connectivity index (χ3n) is 1.66. The monoisotopic (exact) mass is 150 g/mol. The SMILES string of the molecule is CN1CCC[C@@H](N)C1.Cl. The van der Waals surface area contributed by atoms with Gasteiger partial charge >= 0.3 is 0 Å². The van der Waals surface area contributed by atoms with E-state index >= 15 is 0 Å². The van der Waals surface area contributed by atoms with E-state index in [9.17, 15) is 0 Å². The molecular formula is C6H15ClN2. The molecule has 9 heavy (non-hydrogen) atoms. The maximum Gasteiger partial charge on any atom is 0.0168 e. The van der Waals surface area contributed by atoms with Gasteiger partial charge in [-0.15, -0.1) is 12.4 Å². The summed E-state index contributed by atoms with van der Waals surface area (Å²) < 4.78 is 0. The van der Waals surface area contributed by atoms with E-state index in [-0.39, 0.29) is 12.4 Å². The molecule has 0 aliphatic carbocycles. The van der Waals surface area contributed by atoms with Crippen LogP contribution in [0.15, 0.2) is 0 Å². The van der Waals surface area contributed by atoms with Crippen LogP contribution in [0.1, 0.15) is 12.8 Å². The van der Waals surface area contributed by atoms with E-state index in [1.165, 1.54) is 19.4 Å². The normalized spacial score (nSPS) is 29.3. The van der Waals surface area contributed by atoms with Gasteiger partial charge in [-0.1, -0.05) is 0 Å². The molecule has 0 radical (unpaired) electrons. The van der Waals surface area contributed by atoms with Gasteiger partial charge in [0, 0.05) is 12.6 Å². The fourth-order valence-electron chi connectivity index (χ4n) is 1.21. The Hall–Kier alpha value is 0.210. The molecule has 0 bridgehead atoms. The molecule has 1 atom stereocenters. The number of likely N-dealkylation sites (N-methyl/N-ethyl adjacent to an activating group) is 1. The van der Waals surface area contributed by atoms with Crippen LogP contribution in [0, 0.1) is 0 Å². The number of hydrogen-bond acceptors (Lipinski definition) is 2. The summed E-state index contributed by atoms with van der Waals surface area (Å²) in [6.45, 7) is 2.31. The Morgan fingerprint density at radius 1 is 1.56 bits per heavy atom. The summed E-state index contributed by atoms with van der Waals surface area (Å²) in [5, 5.41) is 0. The van der Waals surface area contributed by atoms with Gasteiger partial charge in [0.1, 0.15) is 0 Å². The zero-order valence-corrected chi connectivity index (χ0v) is 6.66. The largest absolute Gasteiger partial charge is 0.327 e. The molecule has 0 aromatic carbocycles. The number of halogens is 1. The van der Waals surface area contributed by atoms with Gasteiger partial charge < -0.3 is 10.6 Å². The maximum atomic E-state index is 5.68. The minimum atomic E-state index is 0. The molecule has 1 aliphatic heterocycles. The van der Waals surface area contributed by atoms with Gasteiger partial charge in [0.25, 0.3) is 0 Å². The molecule has 1 fully saturated rings. The topological polar surface area (TPSA) is 29.3 Å². The zero-order chi connectivity index (χ0) is 5.98. The molecule has 0 amide bonds. The Morgan fingerprint density at radius 2 is 2.22 bits per heavy atom. The number of likely N-dealkylation sites (tertiary alicyclic amines) is 1. The summed E-state index contributed by atoms with van der Waals surface area (Å²) in [5.74, 6) is 0. The Morgan fingerprint density at radius 3 is 2.56 bits per heavy atom. The summed E-state index contributed by atoms with van der Waals surface area (Å²) >= 11 is 0. The molecule has 2 N–H and O–H groups in total. The molecule has 1 heterocycles. The van der Waals surface area contributed by atoms with Crippen LogP contribution in [0.3, 0.4) is 0 Å². The molecule has 1 rings (SSSR count). The molecule has 0 saturated carbocycles. The van der Waals surface area contributed by atoms with E-state index in [1.54, 1.807) is 0 Å². The molecule has 0 aromatic rings. The summed E-state index contributed by atoms with van der Waals surface area (Å²) in [4.78, 5) is 2.29. The Bertz CT molecular complexity index is 69.5. The lowest BCUT2D eigenvalue weighted by atomic mass is 10.1. The quantitative estimate of drug-likeness (QED) is 0.544. The first-order valence-electron chi connectivity index (χ1n) is 3.23. The predicted octanol–water partition coefficient (Wildman–Crippen LogP) is 0.461. The number of nitrogens with zero attached hydrogens (tertiary/aromatic N) is 1. The molecule has 3 heteroatoms. The van der Waals surface area contributed by atoms with Crippen molar-refractivity contribution in [2.45, 2.75) is 18.9 Å². The lowest BCUT2D eigenvalue weighted by molar-refractivity contribution is 0.252. The Labute approximate surface area is 62.8 Å². The molecule has 1 aliphatic rings. The van der Waals surface area contributed by atoms with Gasteiger partial charge in [-0.2, -0.15) is 0 Å². The predicted molar refractivity (Wildman–Crippen MR) is 42.0 cm³/mol. The molecule has 56 valence electrons. The van der Waals surface area contributed by atoms with Crippen molar-refractivity contribution in [3.8, 4) is 0 Å². The highest BCUT2D eigenvalue weighted by molar-refractivity contribution is 5.85. The van der Waals surface area contributed by atoms with Crippen molar-refractivity contribution in [3.05, 3.63) is 0 Å². The van der Waals surface area contributed by atoms with Crippen LogP contribution < -0.4 is 5.73 Å². The van der Waals surface area contributed by atoms with Crippen molar-refractivity contribution in [2.24, 2.45) is 5.73 Å². The van der Waals surface area contributed by atoms with Crippen LogP contribution >= 0.6 is 12.4 Å². The first kappa shape index (κ1) is 9.21. The number of nitrogens with two attached hydrogens (primary N) is 1. The van der Waals surface area contributed by atoms with Gasteiger partial charge in [0.15, 0.2) is 0 Å². The van der Waals surface area contributed by atoms with Crippen LogP contribution in [0.5, 0.6) is 0 Å². The van der Waals surface area contributed by atoms with E-state index in [2.05, 4.69) is 11.9 Å². The van der Waals surface area contributed by atoms with Crippen molar-refractivity contribution in [2.75, 3.05) is 20.1 Å². The first-order chi connectivity index (χ1) is 3.79. The number of rotatable bonds is 0. The van der Waals surface area contributed by atoms with Gasteiger partial charge in [-0.3, -0.25) is 0 Å². The van der Waals surface area contributed by atoms with Gasteiger partial charge in [0.2, 0.25) is 0 Å². The third kappa shape index (κ3) is 3.04. The van der Waals surface area contributed by atoms with Crippen LogP contribution in [-0.4, -0.2) is 31.1 Å².